The molecule has 6 nitrogen and oxygen atoms in total. The fraction of sp³-hybridized carbons (Fsp3) is 0.375. The summed E-state index contributed by atoms with van der Waals surface area (Å²) >= 11 is 0. The zero-order chi connectivity index (χ0) is 22.1. The molecule has 0 saturated carbocycles. The molecule has 3 N–H and O–H groups in total. The highest BCUT2D eigenvalue weighted by atomic mass is 16.2. The first-order valence-electron chi connectivity index (χ1n) is 10.3. The van der Waals surface area contributed by atoms with Gasteiger partial charge in [0.15, 0.2) is 0 Å². The lowest BCUT2D eigenvalue weighted by Gasteiger charge is -2.20. The number of carbonyl (C=O) groups excluding carboxylic acids is 3. The maximum absolute atomic E-state index is 12.7. The van der Waals surface area contributed by atoms with Crippen molar-refractivity contribution in [2.75, 3.05) is 6.54 Å². The fourth-order valence-electron chi connectivity index (χ4n) is 2.92. The zero-order valence-electron chi connectivity index (χ0n) is 18.1. The topological polar surface area (TPSA) is 87.3 Å². The standard InChI is InChI=1S/C24H31N3O3/c1-16(2)23(29)25-15-21(14-22(28)26-17(3)4)27-24(30)20-12-10-19(11-13-20)18-8-6-5-7-9-18/h5-13,16-17,21H,14-15H2,1-4H3,(H,25,29)(H,26,28)(H,27,30)/t21-/m0/s1. The van der Waals surface area contributed by atoms with E-state index in [4.69, 9.17) is 0 Å². The number of carbonyl (C=O) groups is 3. The van der Waals surface area contributed by atoms with Crippen molar-refractivity contribution in [3.05, 3.63) is 60.2 Å². The minimum absolute atomic E-state index is 0.00429. The van der Waals surface area contributed by atoms with E-state index in [-0.39, 0.29) is 42.6 Å². The smallest absolute Gasteiger partial charge is 0.251 e. The molecule has 160 valence electrons. The average molecular weight is 410 g/mol. The molecule has 0 aromatic heterocycles. The van der Waals surface area contributed by atoms with Gasteiger partial charge in [0.1, 0.15) is 0 Å². The lowest BCUT2D eigenvalue weighted by atomic mass is 10.0. The quantitative estimate of drug-likeness (QED) is 0.595. The summed E-state index contributed by atoms with van der Waals surface area (Å²) in [6.07, 6.45) is 0.0877. The lowest BCUT2D eigenvalue weighted by Crippen LogP contribution is -2.47. The van der Waals surface area contributed by atoms with E-state index in [1.54, 1.807) is 26.0 Å². The van der Waals surface area contributed by atoms with E-state index in [1.165, 1.54) is 0 Å². The third-order valence-corrected chi connectivity index (χ3v) is 4.52. The van der Waals surface area contributed by atoms with Crippen LogP contribution in [-0.2, 0) is 9.59 Å². The SMILES string of the molecule is CC(C)NC(=O)C[C@@H](CNC(=O)C(C)C)NC(=O)c1ccc(-c2ccccc2)cc1. The second-order valence-electron chi connectivity index (χ2n) is 7.94. The van der Waals surface area contributed by atoms with E-state index < -0.39 is 6.04 Å². The molecule has 30 heavy (non-hydrogen) atoms. The van der Waals surface area contributed by atoms with Crippen molar-refractivity contribution < 1.29 is 14.4 Å². The summed E-state index contributed by atoms with van der Waals surface area (Å²) in [7, 11) is 0. The van der Waals surface area contributed by atoms with Crippen molar-refractivity contribution in [1.82, 2.24) is 16.0 Å². The highest BCUT2D eigenvalue weighted by Crippen LogP contribution is 2.19. The highest BCUT2D eigenvalue weighted by molar-refractivity contribution is 5.95. The van der Waals surface area contributed by atoms with Crippen LogP contribution in [-0.4, -0.2) is 36.3 Å². The van der Waals surface area contributed by atoms with Gasteiger partial charge in [-0.05, 0) is 37.1 Å². The normalized spacial score (nSPS) is 11.8. The van der Waals surface area contributed by atoms with Crippen LogP contribution in [0, 0.1) is 5.92 Å². The number of benzene rings is 2. The molecule has 2 rings (SSSR count). The Labute approximate surface area is 178 Å². The highest BCUT2D eigenvalue weighted by Gasteiger charge is 2.19. The number of hydrogen-bond donors (Lipinski definition) is 3. The number of rotatable bonds is 9. The monoisotopic (exact) mass is 409 g/mol. The summed E-state index contributed by atoms with van der Waals surface area (Å²) in [4.78, 5) is 36.8. The van der Waals surface area contributed by atoms with Crippen LogP contribution in [0.3, 0.4) is 0 Å². The van der Waals surface area contributed by atoms with Gasteiger partial charge in [-0.1, -0.05) is 56.3 Å². The maximum atomic E-state index is 12.7. The van der Waals surface area contributed by atoms with Gasteiger partial charge in [0, 0.05) is 30.5 Å². The van der Waals surface area contributed by atoms with Crippen molar-refractivity contribution in [2.24, 2.45) is 5.92 Å². The van der Waals surface area contributed by atoms with Crippen LogP contribution in [0.1, 0.15) is 44.5 Å². The first kappa shape index (κ1) is 23.1. The molecule has 1 atom stereocenters. The Morgan fingerprint density at radius 2 is 1.40 bits per heavy atom. The minimum atomic E-state index is -0.507. The van der Waals surface area contributed by atoms with Gasteiger partial charge in [0.25, 0.3) is 5.91 Å². The zero-order valence-corrected chi connectivity index (χ0v) is 18.1. The lowest BCUT2D eigenvalue weighted by molar-refractivity contribution is -0.125. The van der Waals surface area contributed by atoms with Crippen molar-refractivity contribution in [2.45, 2.75) is 46.2 Å². The van der Waals surface area contributed by atoms with Gasteiger partial charge in [0.2, 0.25) is 11.8 Å². The predicted octanol–water partition coefficient (Wildman–Crippen LogP) is 3.14. The molecule has 0 saturated heterocycles. The van der Waals surface area contributed by atoms with Crippen molar-refractivity contribution >= 4 is 17.7 Å². The van der Waals surface area contributed by atoms with Crippen molar-refractivity contribution in [3.8, 4) is 11.1 Å². The largest absolute Gasteiger partial charge is 0.354 e. The molecule has 3 amide bonds. The summed E-state index contributed by atoms with van der Waals surface area (Å²) in [6, 6.07) is 16.7. The molecule has 2 aromatic rings. The molecule has 0 spiro atoms. The van der Waals surface area contributed by atoms with E-state index in [2.05, 4.69) is 16.0 Å². The van der Waals surface area contributed by atoms with Gasteiger partial charge in [0.05, 0.1) is 6.04 Å². The van der Waals surface area contributed by atoms with Crippen LogP contribution in [0.5, 0.6) is 0 Å². The summed E-state index contributed by atoms with van der Waals surface area (Å²) < 4.78 is 0. The first-order valence-corrected chi connectivity index (χ1v) is 10.3. The van der Waals surface area contributed by atoms with Crippen molar-refractivity contribution in [1.29, 1.82) is 0 Å². The molecular formula is C24H31N3O3. The molecule has 0 radical (unpaired) electrons. The number of amides is 3. The second kappa shape index (κ2) is 11.1. The Morgan fingerprint density at radius 1 is 0.800 bits per heavy atom. The molecule has 0 aliphatic carbocycles. The predicted molar refractivity (Wildman–Crippen MR) is 119 cm³/mol. The molecule has 0 fully saturated rings. The van der Waals surface area contributed by atoms with E-state index in [1.807, 2.05) is 56.3 Å². The van der Waals surface area contributed by atoms with Crippen LogP contribution in [0.25, 0.3) is 11.1 Å². The Balaban J connectivity index is 2.05. The van der Waals surface area contributed by atoms with E-state index in [0.29, 0.717) is 5.56 Å². The van der Waals surface area contributed by atoms with E-state index >= 15 is 0 Å². The van der Waals surface area contributed by atoms with Gasteiger partial charge < -0.3 is 16.0 Å². The van der Waals surface area contributed by atoms with Crippen LogP contribution in [0.15, 0.2) is 54.6 Å². The summed E-state index contributed by atoms with van der Waals surface area (Å²) in [5, 5.41) is 8.49. The fourth-order valence-corrected chi connectivity index (χ4v) is 2.92. The molecule has 0 unspecified atom stereocenters. The maximum Gasteiger partial charge on any atom is 0.251 e. The average Bonchev–Trinajstić information content (AvgIpc) is 2.71. The molecule has 0 aliphatic heterocycles. The van der Waals surface area contributed by atoms with Gasteiger partial charge in [-0.3, -0.25) is 14.4 Å². The van der Waals surface area contributed by atoms with E-state index in [0.717, 1.165) is 11.1 Å². The van der Waals surface area contributed by atoms with Crippen molar-refractivity contribution in [3.63, 3.8) is 0 Å². The minimum Gasteiger partial charge on any atom is -0.354 e. The van der Waals surface area contributed by atoms with Crippen LogP contribution in [0.4, 0.5) is 0 Å². The van der Waals surface area contributed by atoms with Crippen LogP contribution < -0.4 is 16.0 Å². The van der Waals surface area contributed by atoms with Gasteiger partial charge >= 0.3 is 0 Å². The Kier molecular flexibility index (Phi) is 8.59. The van der Waals surface area contributed by atoms with Gasteiger partial charge in [-0.25, -0.2) is 0 Å². The second-order valence-corrected chi connectivity index (χ2v) is 7.94. The molecular weight excluding hydrogens is 378 g/mol. The third kappa shape index (κ3) is 7.35. The molecule has 0 heterocycles. The summed E-state index contributed by atoms with van der Waals surface area (Å²) in [5.41, 5.74) is 2.59. The molecule has 2 aromatic carbocycles. The van der Waals surface area contributed by atoms with Crippen LogP contribution in [0.2, 0.25) is 0 Å². The van der Waals surface area contributed by atoms with E-state index in [9.17, 15) is 14.4 Å². The molecule has 6 heteroatoms. The third-order valence-electron chi connectivity index (χ3n) is 4.52. The Morgan fingerprint density at radius 3 is 1.97 bits per heavy atom. The molecule has 0 bridgehead atoms. The number of nitrogens with one attached hydrogen (secondary N) is 3. The summed E-state index contributed by atoms with van der Waals surface area (Å²) in [5.74, 6) is -0.744. The first-order chi connectivity index (χ1) is 14.3. The Hall–Kier alpha value is -3.15. The number of hydrogen-bond acceptors (Lipinski definition) is 3. The van der Waals surface area contributed by atoms with Gasteiger partial charge in [-0.15, -0.1) is 0 Å². The van der Waals surface area contributed by atoms with Crippen LogP contribution >= 0.6 is 0 Å². The summed E-state index contributed by atoms with van der Waals surface area (Å²) in [6.45, 7) is 7.53. The van der Waals surface area contributed by atoms with Gasteiger partial charge in [-0.2, -0.15) is 0 Å². The molecule has 0 aliphatic rings. The Bertz CT molecular complexity index is 846.